The molecule has 1 aliphatic rings. The summed E-state index contributed by atoms with van der Waals surface area (Å²) < 4.78 is 27.0. The molecule has 1 saturated heterocycles. The van der Waals surface area contributed by atoms with Gasteiger partial charge in [-0.1, -0.05) is 6.07 Å². The third-order valence-corrected chi connectivity index (χ3v) is 5.38. The Bertz CT molecular complexity index is 1040. The Morgan fingerprint density at radius 2 is 1.81 bits per heavy atom. The molecule has 3 aromatic rings. The van der Waals surface area contributed by atoms with Crippen molar-refractivity contribution in [2.45, 2.75) is 18.8 Å². The van der Waals surface area contributed by atoms with E-state index >= 15 is 0 Å². The van der Waals surface area contributed by atoms with Crippen molar-refractivity contribution < 1.29 is 13.6 Å². The highest BCUT2D eigenvalue weighted by Crippen LogP contribution is 2.29. The number of likely N-dealkylation sites (tertiary alicyclic amines) is 1. The lowest BCUT2D eigenvalue weighted by Gasteiger charge is -2.32. The zero-order valence-corrected chi connectivity index (χ0v) is 16.9. The smallest absolute Gasteiger partial charge is 0.241 e. The normalized spacial score (nSPS) is 14.3. The summed E-state index contributed by atoms with van der Waals surface area (Å²) in [4.78, 5) is 22.9. The van der Waals surface area contributed by atoms with Crippen molar-refractivity contribution in [3.63, 3.8) is 0 Å². The Hall–Kier alpha value is -3.55. The molecule has 4 rings (SSSR count). The molecule has 8 heteroatoms. The number of nitrogens with one attached hydrogen (secondary N) is 2. The van der Waals surface area contributed by atoms with E-state index in [2.05, 4.69) is 20.6 Å². The highest BCUT2D eigenvalue weighted by atomic mass is 19.1. The molecule has 3 heterocycles. The molecule has 1 aliphatic heterocycles. The second-order valence-electron chi connectivity index (χ2n) is 7.45. The molecule has 1 fully saturated rings. The lowest BCUT2D eigenvalue weighted by molar-refractivity contribution is -0.130. The first kappa shape index (κ1) is 20.7. The SMILES string of the molecule is O=C(CNc1cc(F)ccc1F)N1CCC(c2ccnc(Nc3ccccn3)c2)CC1. The standard InChI is InChI=1S/C23H23F2N5O/c24-18-4-5-19(25)20(14-18)28-15-23(31)30-11-7-16(8-12-30)17-6-10-27-22(13-17)29-21-3-1-2-9-26-21/h1-6,9-10,13-14,16,28H,7-8,11-12,15H2,(H,26,27,29). The van der Waals surface area contributed by atoms with Crippen molar-refractivity contribution in [1.82, 2.24) is 14.9 Å². The van der Waals surface area contributed by atoms with Gasteiger partial charge in [-0.15, -0.1) is 0 Å². The maximum atomic E-state index is 13.7. The third-order valence-electron chi connectivity index (χ3n) is 5.38. The minimum Gasteiger partial charge on any atom is -0.374 e. The second-order valence-corrected chi connectivity index (χ2v) is 7.45. The van der Waals surface area contributed by atoms with Crippen LogP contribution in [-0.2, 0) is 4.79 Å². The molecule has 0 spiro atoms. The van der Waals surface area contributed by atoms with Gasteiger partial charge in [-0.2, -0.15) is 0 Å². The van der Waals surface area contributed by atoms with Crippen molar-refractivity contribution in [2.24, 2.45) is 0 Å². The van der Waals surface area contributed by atoms with Crippen molar-refractivity contribution in [1.29, 1.82) is 0 Å². The molecule has 2 N–H and O–H groups in total. The van der Waals surface area contributed by atoms with Crippen LogP contribution in [0.4, 0.5) is 26.1 Å². The first-order valence-electron chi connectivity index (χ1n) is 10.2. The van der Waals surface area contributed by atoms with E-state index in [1.807, 2.05) is 30.3 Å². The third kappa shape index (κ3) is 5.33. The van der Waals surface area contributed by atoms with E-state index in [9.17, 15) is 13.6 Å². The van der Waals surface area contributed by atoms with Crippen molar-refractivity contribution in [3.8, 4) is 0 Å². The van der Waals surface area contributed by atoms with Crippen molar-refractivity contribution in [3.05, 3.63) is 78.1 Å². The number of halogens is 2. The number of pyridine rings is 2. The van der Waals surface area contributed by atoms with E-state index in [0.717, 1.165) is 42.7 Å². The van der Waals surface area contributed by atoms with Crippen LogP contribution in [-0.4, -0.2) is 40.4 Å². The number of hydrogen-bond acceptors (Lipinski definition) is 5. The van der Waals surface area contributed by atoms with Crippen molar-refractivity contribution >= 4 is 23.2 Å². The highest BCUT2D eigenvalue weighted by molar-refractivity contribution is 5.81. The average Bonchev–Trinajstić information content (AvgIpc) is 2.80. The van der Waals surface area contributed by atoms with Crippen LogP contribution in [0.3, 0.4) is 0 Å². The summed E-state index contributed by atoms with van der Waals surface area (Å²) in [6.45, 7) is 1.16. The first-order valence-corrected chi connectivity index (χ1v) is 10.2. The summed E-state index contributed by atoms with van der Waals surface area (Å²) in [6, 6.07) is 12.8. The first-order chi connectivity index (χ1) is 15.1. The van der Waals surface area contributed by atoms with Gasteiger partial charge < -0.3 is 15.5 Å². The molecule has 1 amide bonds. The average molecular weight is 423 g/mol. The number of amides is 1. The number of anilines is 3. The van der Waals surface area contributed by atoms with E-state index in [1.54, 1.807) is 17.3 Å². The van der Waals surface area contributed by atoms with Crippen LogP contribution in [0.25, 0.3) is 0 Å². The van der Waals surface area contributed by atoms with Crippen LogP contribution < -0.4 is 10.6 Å². The van der Waals surface area contributed by atoms with Gasteiger partial charge in [0, 0.05) is 25.5 Å². The highest BCUT2D eigenvalue weighted by Gasteiger charge is 2.24. The summed E-state index contributed by atoms with van der Waals surface area (Å²) in [5, 5.41) is 5.89. The fourth-order valence-corrected chi connectivity index (χ4v) is 3.71. The van der Waals surface area contributed by atoms with Crippen LogP contribution in [0, 0.1) is 11.6 Å². The molecule has 1 aromatic carbocycles. The van der Waals surface area contributed by atoms with E-state index in [1.165, 1.54) is 5.56 Å². The number of piperidine rings is 1. The van der Waals surface area contributed by atoms with Gasteiger partial charge in [0.05, 0.1) is 12.2 Å². The predicted octanol–water partition coefficient (Wildman–Crippen LogP) is 4.32. The summed E-state index contributed by atoms with van der Waals surface area (Å²) >= 11 is 0. The second kappa shape index (κ2) is 9.51. The van der Waals surface area contributed by atoms with Gasteiger partial charge in [0.25, 0.3) is 0 Å². The molecule has 160 valence electrons. The van der Waals surface area contributed by atoms with E-state index < -0.39 is 11.6 Å². The molecule has 0 bridgehead atoms. The van der Waals surface area contributed by atoms with Gasteiger partial charge in [-0.25, -0.2) is 18.7 Å². The monoisotopic (exact) mass is 423 g/mol. The number of rotatable bonds is 6. The molecule has 0 radical (unpaired) electrons. The number of nitrogens with zero attached hydrogens (tertiary/aromatic N) is 3. The van der Waals surface area contributed by atoms with Gasteiger partial charge >= 0.3 is 0 Å². The number of aromatic nitrogens is 2. The molecule has 0 unspecified atom stereocenters. The number of hydrogen-bond donors (Lipinski definition) is 2. The summed E-state index contributed by atoms with van der Waals surface area (Å²) in [5.74, 6) is 0.525. The molecular weight excluding hydrogens is 400 g/mol. The number of carbonyl (C=O) groups excluding carboxylic acids is 1. The van der Waals surface area contributed by atoms with E-state index in [0.29, 0.717) is 19.0 Å². The Morgan fingerprint density at radius 3 is 2.58 bits per heavy atom. The lowest BCUT2D eigenvalue weighted by atomic mass is 9.90. The molecule has 6 nitrogen and oxygen atoms in total. The largest absolute Gasteiger partial charge is 0.374 e. The number of benzene rings is 1. The fraction of sp³-hybridized carbons (Fsp3) is 0.261. The lowest BCUT2D eigenvalue weighted by Crippen LogP contribution is -2.41. The summed E-state index contributed by atoms with van der Waals surface area (Å²) in [7, 11) is 0. The van der Waals surface area contributed by atoms with Crippen LogP contribution in [0.15, 0.2) is 60.9 Å². The van der Waals surface area contributed by atoms with E-state index in [4.69, 9.17) is 0 Å². The Balaban J connectivity index is 1.30. The minimum atomic E-state index is -0.583. The summed E-state index contributed by atoms with van der Waals surface area (Å²) in [6.07, 6.45) is 5.15. The zero-order valence-electron chi connectivity index (χ0n) is 16.9. The number of carbonyl (C=O) groups is 1. The van der Waals surface area contributed by atoms with E-state index in [-0.39, 0.29) is 18.1 Å². The minimum absolute atomic E-state index is 0.00652. The predicted molar refractivity (Wildman–Crippen MR) is 115 cm³/mol. The fourth-order valence-electron chi connectivity index (χ4n) is 3.71. The molecule has 31 heavy (non-hydrogen) atoms. The Kier molecular flexibility index (Phi) is 6.35. The van der Waals surface area contributed by atoms with Crippen LogP contribution in [0.2, 0.25) is 0 Å². The molecule has 0 saturated carbocycles. The van der Waals surface area contributed by atoms with Gasteiger partial charge in [0.2, 0.25) is 5.91 Å². The van der Waals surface area contributed by atoms with Gasteiger partial charge in [-0.3, -0.25) is 4.79 Å². The van der Waals surface area contributed by atoms with Crippen LogP contribution in [0.5, 0.6) is 0 Å². The topological polar surface area (TPSA) is 70.2 Å². The maximum absolute atomic E-state index is 13.7. The molecule has 0 atom stereocenters. The maximum Gasteiger partial charge on any atom is 0.241 e. The van der Waals surface area contributed by atoms with Crippen molar-refractivity contribution in [2.75, 3.05) is 30.3 Å². The van der Waals surface area contributed by atoms with Gasteiger partial charge in [-0.05, 0) is 66.8 Å². The quantitative estimate of drug-likeness (QED) is 0.618. The van der Waals surface area contributed by atoms with Crippen LogP contribution in [0.1, 0.15) is 24.3 Å². The zero-order chi connectivity index (χ0) is 21.6. The van der Waals surface area contributed by atoms with Gasteiger partial charge in [0.15, 0.2) is 0 Å². The Morgan fingerprint density at radius 1 is 1.00 bits per heavy atom. The van der Waals surface area contributed by atoms with Gasteiger partial charge in [0.1, 0.15) is 23.3 Å². The Labute approximate surface area is 179 Å². The molecule has 2 aromatic heterocycles. The summed E-state index contributed by atoms with van der Waals surface area (Å²) in [5.41, 5.74) is 1.16. The molecule has 0 aliphatic carbocycles. The molecular formula is C23H23F2N5O. The van der Waals surface area contributed by atoms with Crippen LogP contribution >= 0.6 is 0 Å².